The SMILES string of the molecule is COc1ccc2c(Oc3ccc(-c4cnc(Cc5ccccc5)n(C)c4=O)cc3F)ccnc2c1OC. The number of methoxy groups -OCH3 is 2. The number of nitrogens with zero attached hydrogens (tertiary/aromatic N) is 3. The minimum absolute atomic E-state index is 0.0107. The molecule has 5 rings (SSSR count). The summed E-state index contributed by atoms with van der Waals surface area (Å²) in [6.07, 6.45) is 3.56. The number of ether oxygens (including phenoxy) is 3. The van der Waals surface area contributed by atoms with E-state index in [2.05, 4.69) is 9.97 Å². The summed E-state index contributed by atoms with van der Waals surface area (Å²) in [5.41, 5.74) is 2.04. The number of hydrogen-bond acceptors (Lipinski definition) is 6. The van der Waals surface area contributed by atoms with Gasteiger partial charge in [0.15, 0.2) is 23.1 Å². The fourth-order valence-electron chi connectivity index (χ4n) is 4.18. The van der Waals surface area contributed by atoms with Gasteiger partial charge in [0.1, 0.15) is 17.1 Å². The molecule has 5 aromatic rings. The van der Waals surface area contributed by atoms with Crippen molar-refractivity contribution in [3.63, 3.8) is 0 Å². The Morgan fingerprint density at radius 2 is 1.68 bits per heavy atom. The highest BCUT2D eigenvalue weighted by atomic mass is 19.1. The molecule has 2 heterocycles. The summed E-state index contributed by atoms with van der Waals surface area (Å²) in [6, 6.07) is 19.3. The maximum atomic E-state index is 15.2. The molecular weight excluding hydrogens is 473 g/mol. The van der Waals surface area contributed by atoms with Crippen molar-refractivity contribution in [1.29, 1.82) is 0 Å². The van der Waals surface area contributed by atoms with E-state index in [9.17, 15) is 4.79 Å². The van der Waals surface area contributed by atoms with Gasteiger partial charge in [0.05, 0.1) is 19.8 Å². The van der Waals surface area contributed by atoms with Gasteiger partial charge in [-0.1, -0.05) is 36.4 Å². The fraction of sp³-hybridized carbons (Fsp3) is 0.138. The van der Waals surface area contributed by atoms with E-state index in [4.69, 9.17) is 14.2 Å². The highest BCUT2D eigenvalue weighted by Gasteiger charge is 2.16. The maximum Gasteiger partial charge on any atom is 0.261 e. The van der Waals surface area contributed by atoms with Crippen molar-refractivity contribution >= 4 is 10.9 Å². The molecule has 0 aliphatic rings. The fourth-order valence-corrected chi connectivity index (χ4v) is 4.18. The second-order valence-electron chi connectivity index (χ2n) is 8.37. The monoisotopic (exact) mass is 497 g/mol. The maximum absolute atomic E-state index is 15.2. The van der Waals surface area contributed by atoms with Crippen molar-refractivity contribution < 1.29 is 18.6 Å². The van der Waals surface area contributed by atoms with Crippen molar-refractivity contribution in [3.8, 4) is 34.1 Å². The summed E-state index contributed by atoms with van der Waals surface area (Å²) in [5, 5.41) is 0.635. The van der Waals surface area contributed by atoms with E-state index in [1.807, 2.05) is 30.3 Å². The van der Waals surface area contributed by atoms with Crippen LogP contribution in [0.5, 0.6) is 23.0 Å². The Labute approximate surface area is 212 Å². The Bertz CT molecular complexity index is 1650. The summed E-state index contributed by atoms with van der Waals surface area (Å²) >= 11 is 0. The predicted molar refractivity (Wildman–Crippen MR) is 139 cm³/mol. The molecule has 0 aliphatic carbocycles. The molecule has 37 heavy (non-hydrogen) atoms. The molecule has 8 heteroatoms. The van der Waals surface area contributed by atoms with Crippen LogP contribution < -0.4 is 19.8 Å². The van der Waals surface area contributed by atoms with Gasteiger partial charge in [0.25, 0.3) is 5.56 Å². The molecule has 7 nitrogen and oxygen atoms in total. The van der Waals surface area contributed by atoms with E-state index in [1.165, 1.54) is 30.0 Å². The molecule has 0 atom stereocenters. The Hall–Kier alpha value is -4.72. The van der Waals surface area contributed by atoms with E-state index >= 15 is 4.39 Å². The summed E-state index contributed by atoms with van der Waals surface area (Å²) in [7, 11) is 4.74. The van der Waals surface area contributed by atoms with Crippen LogP contribution in [-0.4, -0.2) is 28.8 Å². The van der Waals surface area contributed by atoms with Gasteiger partial charge in [0.2, 0.25) is 0 Å². The highest BCUT2D eigenvalue weighted by molar-refractivity contribution is 5.92. The van der Waals surface area contributed by atoms with Crippen LogP contribution in [0.3, 0.4) is 0 Å². The lowest BCUT2D eigenvalue weighted by Crippen LogP contribution is -2.23. The lowest BCUT2D eigenvalue weighted by molar-refractivity contribution is 0.358. The molecular formula is C29H24FN3O4. The van der Waals surface area contributed by atoms with Crippen LogP contribution in [0.15, 0.2) is 83.9 Å². The van der Waals surface area contributed by atoms with Crippen LogP contribution in [0.25, 0.3) is 22.0 Å². The summed E-state index contributed by atoms with van der Waals surface area (Å²) in [5.74, 6) is 1.41. The standard InChI is InChI=1S/C29H24FN3O4/c1-33-26(15-18-7-5-4-6-8-18)32-17-21(29(33)34)19-9-11-24(22(30)16-19)37-23-13-14-31-27-20(23)10-12-25(35-2)28(27)36-3/h4-14,16-17H,15H2,1-3H3. The summed E-state index contributed by atoms with van der Waals surface area (Å²) in [6.45, 7) is 0. The average Bonchev–Trinajstić information content (AvgIpc) is 2.92. The number of rotatable bonds is 7. The van der Waals surface area contributed by atoms with Crippen LogP contribution in [0.2, 0.25) is 0 Å². The largest absolute Gasteiger partial charge is 0.493 e. The Morgan fingerprint density at radius 1 is 0.892 bits per heavy atom. The number of hydrogen-bond donors (Lipinski definition) is 0. The molecule has 0 saturated heterocycles. The second-order valence-corrected chi connectivity index (χ2v) is 8.37. The number of benzene rings is 3. The normalized spacial score (nSPS) is 10.9. The van der Waals surface area contributed by atoms with E-state index in [-0.39, 0.29) is 11.3 Å². The van der Waals surface area contributed by atoms with Gasteiger partial charge in [0, 0.05) is 31.2 Å². The van der Waals surface area contributed by atoms with E-state index in [1.54, 1.807) is 44.6 Å². The molecule has 2 aromatic heterocycles. The average molecular weight is 498 g/mol. The summed E-state index contributed by atoms with van der Waals surface area (Å²) < 4.78 is 33.4. The van der Waals surface area contributed by atoms with Crippen molar-refractivity contribution in [3.05, 3.63) is 107 Å². The zero-order chi connectivity index (χ0) is 25.9. The third kappa shape index (κ3) is 4.61. The predicted octanol–water partition coefficient (Wildman–Crippen LogP) is 5.53. The zero-order valence-corrected chi connectivity index (χ0v) is 20.6. The van der Waals surface area contributed by atoms with Crippen LogP contribution in [0, 0.1) is 5.82 Å². The van der Waals surface area contributed by atoms with Gasteiger partial charge in [-0.15, -0.1) is 0 Å². The number of pyridine rings is 1. The van der Waals surface area contributed by atoms with Crippen molar-refractivity contribution in [2.45, 2.75) is 6.42 Å². The first-order valence-electron chi connectivity index (χ1n) is 11.6. The first-order chi connectivity index (χ1) is 18.0. The molecule has 3 aromatic carbocycles. The third-order valence-corrected chi connectivity index (χ3v) is 6.15. The lowest BCUT2D eigenvalue weighted by atomic mass is 10.1. The first-order valence-corrected chi connectivity index (χ1v) is 11.6. The van der Waals surface area contributed by atoms with Crippen molar-refractivity contribution in [2.75, 3.05) is 14.2 Å². The Balaban J connectivity index is 1.45. The molecule has 0 saturated carbocycles. The molecule has 186 valence electrons. The molecule has 0 aliphatic heterocycles. The van der Waals surface area contributed by atoms with Crippen LogP contribution in [-0.2, 0) is 13.5 Å². The molecule has 0 radical (unpaired) electrons. The van der Waals surface area contributed by atoms with Gasteiger partial charge in [-0.2, -0.15) is 0 Å². The Morgan fingerprint density at radius 3 is 2.41 bits per heavy atom. The first kappa shape index (κ1) is 24.0. The third-order valence-electron chi connectivity index (χ3n) is 6.15. The highest BCUT2D eigenvalue weighted by Crippen LogP contribution is 2.39. The van der Waals surface area contributed by atoms with Crippen LogP contribution >= 0.6 is 0 Å². The zero-order valence-electron chi connectivity index (χ0n) is 20.6. The molecule has 0 unspecified atom stereocenters. The van der Waals surface area contributed by atoms with Gasteiger partial charge in [-0.05, 0) is 41.5 Å². The van der Waals surface area contributed by atoms with E-state index in [0.717, 1.165) is 5.56 Å². The Kier molecular flexibility index (Phi) is 6.55. The van der Waals surface area contributed by atoms with Crippen molar-refractivity contribution in [2.24, 2.45) is 7.05 Å². The molecule has 0 N–H and O–H groups in total. The van der Waals surface area contributed by atoms with Crippen LogP contribution in [0.4, 0.5) is 4.39 Å². The molecule has 0 spiro atoms. The van der Waals surface area contributed by atoms with Gasteiger partial charge in [-0.25, -0.2) is 9.37 Å². The molecule has 0 fully saturated rings. The lowest BCUT2D eigenvalue weighted by Gasteiger charge is -2.14. The van der Waals surface area contributed by atoms with Crippen molar-refractivity contribution in [1.82, 2.24) is 14.5 Å². The number of halogens is 1. The second kappa shape index (κ2) is 10.1. The van der Waals surface area contributed by atoms with Gasteiger partial charge < -0.3 is 14.2 Å². The van der Waals surface area contributed by atoms with Crippen LogP contribution in [0.1, 0.15) is 11.4 Å². The minimum atomic E-state index is -0.613. The topological polar surface area (TPSA) is 75.5 Å². The number of aromatic nitrogens is 3. The minimum Gasteiger partial charge on any atom is -0.493 e. The number of fused-ring (bicyclic) bond motifs is 1. The summed E-state index contributed by atoms with van der Waals surface area (Å²) in [4.78, 5) is 21.9. The molecule has 0 bridgehead atoms. The van der Waals surface area contributed by atoms with Gasteiger partial charge >= 0.3 is 0 Å². The van der Waals surface area contributed by atoms with E-state index in [0.29, 0.717) is 51.5 Å². The van der Waals surface area contributed by atoms with E-state index < -0.39 is 5.82 Å². The quantitative estimate of drug-likeness (QED) is 0.294. The van der Waals surface area contributed by atoms with Gasteiger partial charge in [-0.3, -0.25) is 14.3 Å². The smallest absolute Gasteiger partial charge is 0.261 e. The molecule has 0 amide bonds.